The molecular weight excluding hydrogens is 174 g/mol. The first kappa shape index (κ1) is 11.2. The molecule has 0 spiro atoms. The van der Waals surface area contributed by atoms with Crippen LogP contribution in [0.4, 0.5) is 0 Å². The molecule has 0 aliphatic carbocycles. The third kappa shape index (κ3) is 4.37. The van der Waals surface area contributed by atoms with E-state index in [9.17, 15) is 0 Å². The second-order valence-corrected chi connectivity index (χ2v) is 3.44. The topological polar surface area (TPSA) is 64.1 Å². The molecule has 0 aromatic heterocycles. The average molecular weight is 193 g/mol. The van der Waals surface area contributed by atoms with E-state index in [2.05, 4.69) is 17.4 Å². The van der Waals surface area contributed by atoms with Crippen molar-refractivity contribution in [2.75, 3.05) is 13.2 Å². The lowest BCUT2D eigenvalue weighted by Crippen LogP contribution is -2.30. The molecular formula is C11H19N3. The van der Waals surface area contributed by atoms with Gasteiger partial charge in [-0.1, -0.05) is 30.3 Å². The molecule has 0 fully saturated rings. The third-order valence-electron chi connectivity index (χ3n) is 2.18. The summed E-state index contributed by atoms with van der Waals surface area (Å²) in [6, 6.07) is 10.5. The summed E-state index contributed by atoms with van der Waals surface area (Å²) >= 11 is 0. The Hall–Kier alpha value is -0.900. The Bertz CT molecular complexity index is 236. The molecule has 3 heteroatoms. The predicted octanol–water partition coefficient (Wildman–Crippen LogP) is 0.452. The Morgan fingerprint density at radius 3 is 2.57 bits per heavy atom. The second-order valence-electron chi connectivity index (χ2n) is 3.44. The summed E-state index contributed by atoms with van der Waals surface area (Å²) in [5, 5.41) is 3.06. The van der Waals surface area contributed by atoms with Crippen molar-refractivity contribution in [1.82, 2.24) is 5.32 Å². The van der Waals surface area contributed by atoms with Crippen molar-refractivity contribution >= 4 is 0 Å². The highest BCUT2D eigenvalue weighted by Gasteiger charge is 2.02. The van der Waals surface area contributed by atoms with Crippen LogP contribution in [-0.4, -0.2) is 19.3 Å². The molecule has 0 aliphatic rings. The molecule has 5 N–H and O–H groups in total. The van der Waals surface area contributed by atoms with Crippen LogP contribution in [0.15, 0.2) is 30.3 Å². The fourth-order valence-electron chi connectivity index (χ4n) is 1.41. The largest absolute Gasteiger partial charge is 0.327 e. The minimum absolute atomic E-state index is 0.219. The van der Waals surface area contributed by atoms with Crippen LogP contribution in [0.25, 0.3) is 0 Å². The highest BCUT2D eigenvalue weighted by atomic mass is 14.9. The molecule has 0 amide bonds. The summed E-state index contributed by atoms with van der Waals surface area (Å²) in [6.45, 7) is 1.42. The van der Waals surface area contributed by atoms with E-state index in [0.29, 0.717) is 6.67 Å². The van der Waals surface area contributed by atoms with Gasteiger partial charge in [0.2, 0.25) is 0 Å². The van der Waals surface area contributed by atoms with Crippen molar-refractivity contribution in [3.8, 4) is 0 Å². The average Bonchev–Trinajstić information content (AvgIpc) is 2.20. The molecule has 0 bridgehead atoms. The highest BCUT2D eigenvalue weighted by molar-refractivity contribution is 5.15. The Morgan fingerprint density at radius 1 is 1.21 bits per heavy atom. The zero-order valence-corrected chi connectivity index (χ0v) is 8.45. The van der Waals surface area contributed by atoms with Gasteiger partial charge in [0.05, 0.1) is 0 Å². The van der Waals surface area contributed by atoms with Crippen molar-refractivity contribution in [2.45, 2.75) is 18.9 Å². The lowest BCUT2D eigenvalue weighted by molar-refractivity contribution is 0.564. The number of hydrogen-bond acceptors (Lipinski definition) is 3. The highest BCUT2D eigenvalue weighted by Crippen LogP contribution is 2.03. The zero-order chi connectivity index (χ0) is 10.2. The lowest BCUT2D eigenvalue weighted by atomic mass is 10.0. The van der Waals surface area contributed by atoms with Gasteiger partial charge < -0.3 is 16.8 Å². The quantitative estimate of drug-likeness (QED) is 0.454. The Labute approximate surface area is 85.5 Å². The Kier molecular flexibility index (Phi) is 5.22. The van der Waals surface area contributed by atoms with Crippen LogP contribution in [0.5, 0.6) is 0 Å². The summed E-state index contributed by atoms with van der Waals surface area (Å²) in [7, 11) is 0. The van der Waals surface area contributed by atoms with Crippen LogP contribution in [0.3, 0.4) is 0 Å². The first-order valence-corrected chi connectivity index (χ1v) is 5.03. The molecule has 1 aromatic rings. The first-order chi connectivity index (χ1) is 6.83. The summed E-state index contributed by atoms with van der Waals surface area (Å²) in [5.41, 5.74) is 12.6. The molecule has 3 nitrogen and oxygen atoms in total. The van der Waals surface area contributed by atoms with E-state index in [1.165, 1.54) is 5.56 Å². The standard InChI is InChI=1S/C11H19N3/c12-9-14-7-6-11(13)8-10-4-2-1-3-5-10/h1-5,11,14H,6-9,12-13H2/t11-/m1/s1. The van der Waals surface area contributed by atoms with E-state index >= 15 is 0 Å². The minimum atomic E-state index is 0.219. The van der Waals surface area contributed by atoms with Gasteiger partial charge in [-0.3, -0.25) is 0 Å². The van der Waals surface area contributed by atoms with Gasteiger partial charge in [0.15, 0.2) is 0 Å². The number of nitrogens with one attached hydrogen (secondary N) is 1. The number of hydrogen-bond donors (Lipinski definition) is 3. The van der Waals surface area contributed by atoms with Crippen molar-refractivity contribution in [3.63, 3.8) is 0 Å². The summed E-state index contributed by atoms with van der Waals surface area (Å²) in [4.78, 5) is 0. The van der Waals surface area contributed by atoms with Gasteiger partial charge in [0, 0.05) is 12.7 Å². The summed E-state index contributed by atoms with van der Waals surface area (Å²) in [6.07, 6.45) is 1.90. The molecule has 0 radical (unpaired) electrons. The van der Waals surface area contributed by atoms with Crippen molar-refractivity contribution in [3.05, 3.63) is 35.9 Å². The summed E-state index contributed by atoms with van der Waals surface area (Å²) in [5.74, 6) is 0. The number of nitrogens with two attached hydrogens (primary N) is 2. The van der Waals surface area contributed by atoms with Crippen LogP contribution < -0.4 is 16.8 Å². The molecule has 0 unspecified atom stereocenters. The number of rotatable bonds is 6. The molecule has 1 atom stereocenters. The predicted molar refractivity (Wildman–Crippen MR) is 59.8 cm³/mol. The lowest BCUT2D eigenvalue weighted by Gasteiger charge is -2.11. The fraction of sp³-hybridized carbons (Fsp3) is 0.455. The van der Waals surface area contributed by atoms with Crippen LogP contribution in [0, 0.1) is 0 Å². The Balaban J connectivity index is 2.23. The number of benzene rings is 1. The zero-order valence-electron chi connectivity index (χ0n) is 8.45. The smallest absolute Gasteiger partial charge is 0.0428 e. The maximum atomic E-state index is 5.97. The minimum Gasteiger partial charge on any atom is -0.327 e. The normalized spacial score (nSPS) is 12.7. The second kappa shape index (κ2) is 6.54. The van der Waals surface area contributed by atoms with Gasteiger partial charge in [0.1, 0.15) is 0 Å². The Morgan fingerprint density at radius 2 is 1.93 bits per heavy atom. The van der Waals surface area contributed by atoms with Gasteiger partial charge in [-0.15, -0.1) is 0 Å². The van der Waals surface area contributed by atoms with Crippen molar-refractivity contribution in [2.24, 2.45) is 11.5 Å². The van der Waals surface area contributed by atoms with Gasteiger partial charge >= 0.3 is 0 Å². The van der Waals surface area contributed by atoms with Gasteiger partial charge in [0.25, 0.3) is 0 Å². The van der Waals surface area contributed by atoms with E-state index in [1.807, 2.05) is 18.2 Å². The van der Waals surface area contributed by atoms with E-state index < -0.39 is 0 Å². The van der Waals surface area contributed by atoms with Crippen LogP contribution in [0.1, 0.15) is 12.0 Å². The first-order valence-electron chi connectivity index (χ1n) is 5.03. The van der Waals surface area contributed by atoms with Crippen molar-refractivity contribution < 1.29 is 0 Å². The maximum Gasteiger partial charge on any atom is 0.0428 e. The van der Waals surface area contributed by atoms with Crippen LogP contribution in [-0.2, 0) is 6.42 Å². The molecule has 1 aromatic carbocycles. The molecule has 0 saturated carbocycles. The SMILES string of the molecule is NCNCC[C@@H](N)Cc1ccccc1. The molecule has 0 heterocycles. The third-order valence-corrected chi connectivity index (χ3v) is 2.18. The van der Waals surface area contributed by atoms with Gasteiger partial charge in [-0.25, -0.2) is 0 Å². The van der Waals surface area contributed by atoms with Gasteiger partial charge in [-0.05, 0) is 24.9 Å². The summed E-state index contributed by atoms with van der Waals surface area (Å²) < 4.78 is 0. The van der Waals surface area contributed by atoms with Crippen LogP contribution in [0.2, 0.25) is 0 Å². The van der Waals surface area contributed by atoms with E-state index in [1.54, 1.807) is 0 Å². The van der Waals surface area contributed by atoms with E-state index in [4.69, 9.17) is 11.5 Å². The van der Waals surface area contributed by atoms with E-state index in [0.717, 1.165) is 19.4 Å². The fourth-order valence-corrected chi connectivity index (χ4v) is 1.41. The maximum absolute atomic E-state index is 5.97. The van der Waals surface area contributed by atoms with E-state index in [-0.39, 0.29) is 6.04 Å². The molecule has 14 heavy (non-hydrogen) atoms. The molecule has 1 rings (SSSR count). The molecule has 0 aliphatic heterocycles. The van der Waals surface area contributed by atoms with Crippen LogP contribution >= 0.6 is 0 Å². The monoisotopic (exact) mass is 193 g/mol. The van der Waals surface area contributed by atoms with Crippen molar-refractivity contribution in [1.29, 1.82) is 0 Å². The molecule has 0 saturated heterocycles. The molecule has 78 valence electrons. The van der Waals surface area contributed by atoms with Gasteiger partial charge in [-0.2, -0.15) is 0 Å².